The monoisotopic (exact) mass is 645 g/mol. The van der Waals surface area contributed by atoms with Gasteiger partial charge in [-0.2, -0.15) is 0 Å². The van der Waals surface area contributed by atoms with Gasteiger partial charge in [0.25, 0.3) is 0 Å². The van der Waals surface area contributed by atoms with E-state index in [1.807, 2.05) is 76.2 Å². The van der Waals surface area contributed by atoms with E-state index in [0.29, 0.717) is 21.3 Å². The zero-order valence-electron chi connectivity index (χ0n) is 25.4. The van der Waals surface area contributed by atoms with Crippen LogP contribution >= 0.6 is 23.2 Å². The van der Waals surface area contributed by atoms with Crippen molar-refractivity contribution in [2.24, 2.45) is 0 Å². The number of carbonyl (C=O) groups is 2. The molecule has 0 aliphatic rings. The molecule has 0 aliphatic carbocycles. The summed E-state index contributed by atoms with van der Waals surface area (Å²) in [5.41, 5.74) is 3.88. The summed E-state index contributed by atoms with van der Waals surface area (Å²) in [5, 5.41) is 3.83. The van der Waals surface area contributed by atoms with Crippen LogP contribution in [0.2, 0.25) is 10.0 Å². The molecule has 3 aromatic rings. The average Bonchev–Trinajstić information content (AvgIpc) is 2.93. The second-order valence-corrected chi connectivity index (χ2v) is 13.8. The summed E-state index contributed by atoms with van der Waals surface area (Å²) in [6.07, 6.45) is 2.44. The fourth-order valence-electron chi connectivity index (χ4n) is 4.95. The van der Waals surface area contributed by atoms with Gasteiger partial charge in [-0.05, 0) is 74.6 Å². The van der Waals surface area contributed by atoms with Gasteiger partial charge in [0.05, 0.1) is 11.9 Å². The predicted molar refractivity (Wildman–Crippen MR) is 176 cm³/mol. The van der Waals surface area contributed by atoms with Crippen LogP contribution in [0.4, 0.5) is 5.69 Å². The lowest BCUT2D eigenvalue weighted by Gasteiger charge is -2.33. The van der Waals surface area contributed by atoms with E-state index in [9.17, 15) is 18.0 Å². The number of rotatable bonds is 14. The second-order valence-electron chi connectivity index (χ2n) is 11.0. The van der Waals surface area contributed by atoms with Gasteiger partial charge in [0, 0.05) is 47.6 Å². The van der Waals surface area contributed by atoms with E-state index in [0.717, 1.165) is 29.4 Å². The Morgan fingerprint density at radius 3 is 2.09 bits per heavy atom. The first kappa shape index (κ1) is 34.4. The molecule has 43 heavy (non-hydrogen) atoms. The minimum absolute atomic E-state index is 0.0147. The third-order valence-corrected chi connectivity index (χ3v) is 9.21. The Morgan fingerprint density at radius 2 is 1.53 bits per heavy atom. The number of hydrogen-bond donors (Lipinski definition) is 1. The molecule has 0 spiro atoms. The summed E-state index contributed by atoms with van der Waals surface area (Å²) in [6, 6.07) is 19.3. The highest BCUT2D eigenvalue weighted by Gasteiger charge is 2.32. The highest BCUT2D eigenvalue weighted by Crippen LogP contribution is 2.28. The zero-order valence-corrected chi connectivity index (χ0v) is 27.8. The molecule has 7 nitrogen and oxygen atoms in total. The van der Waals surface area contributed by atoms with Gasteiger partial charge in [-0.3, -0.25) is 13.9 Å². The maximum absolute atomic E-state index is 14.0. The molecule has 3 rings (SSSR count). The molecule has 1 N–H and O–H groups in total. The average molecular weight is 647 g/mol. The number of nitrogens with zero attached hydrogens (tertiary/aromatic N) is 2. The largest absolute Gasteiger partial charge is 0.352 e. The van der Waals surface area contributed by atoms with Crippen LogP contribution in [-0.4, -0.2) is 50.0 Å². The van der Waals surface area contributed by atoms with Gasteiger partial charge in [0.15, 0.2) is 0 Å². The Balaban J connectivity index is 1.95. The molecular weight excluding hydrogens is 605 g/mol. The van der Waals surface area contributed by atoms with Crippen LogP contribution < -0.4 is 9.62 Å². The van der Waals surface area contributed by atoms with Gasteiger partial charge in [-0.1, -0.05) is 72.6 Å². The third kappa shape index (κ3) is 9.98. The molecule has 0 saturated carbocycles. The van der Waals surface area contributed by atoms with Crippen molar-refractivity contribution in [1.82, 2.24) is 10.2 Å². The second kappa shape index (κ2) is 15.6. The molecule has 0 heterocycles. The van der Waals surface area contributed by atoms with Crippen LogP contribution in [0.15, 0.2) is 66.7 Å². The van der Waals surface area contributed by atoms with E-state index in [2.05, 4.69) is 5.32 Å². The van der Waals surface area contributed by atoms with Gasteiger partial charge in [-0.25, -0.2) is 8.42 Å². The van der Waals surface area contributed by atoms with Crippen molar-refractivity contribution >= 4 is 50.7 Å². The third-order valence-electron chi connectivity index (χ3n) is 7.31. The maximum Gasteiger partial charge on any atom is 0.243 e. The van der Waals surface area contributed by atoms with Crippen LogP contribution in [0.5, 0.6) is 0 Å². The van der Waals surface area contributed by atoms with Gasteiger partial charge in [-0.15, -0.1) is 0 Å². The quantitative estimate of drug-likeness (QED) is 0.211. The number of nitrogens with one attached hydrogen (secondary N) is 1. The number of carbonyl (C=O) groups excluding carboxylic acids is 2. The summed E-state index contributed by atoms with van der Waals surface area (Å²) in [4.78, 5) is 29.3. The van der Waals surface area contributed by atoms with Crippen molar-refractivity contribution in [2.75, 3.05) is 17.1 Å². The molecule has 232 valence electrons. The van der Waals surface area contributed by atoms with E-state index in [4.69, 9.17) is 23.2 Å². The van der Waals surface area contributed by atoms with Crippen LogP contribution in [0, 0.1) is 13.8 Å². The zero-order chi connectivity index (χ0) is 31.7. The van der Waals surface area contributed by atoms with Gasteiger partial charge >= 0.3 is 0 Å². The maximum atomic E-state index is 14.0. The lowest BCUT2D eigenvalue weighted by atomic mass is 10.0. The molecule has 0 bridgehead atoms. The van der Waals surface area contributed by atoms with Crippen molar-refractivity contribution in [3.63, 3.8) is 0 Å². The first-order valence-electron chi connectivity index (χ1n) is 14.4. The van der Waals surface area contributed by atoms with Crippen LogP contribution in [0.1, 0.15) is 55.4 Å². The number of halogens is 2. The van der Waals surface area contributed by atoms with E-state index in [-0.39, 0.29) is 50.2 Å². The molecule has 3 aromatic carbocycles. The highest BCUT2D eigenvalue weighted by atomic mass is 35.5. The number of amides is 2. The Morgan fingerprint density at radius 1 is 0.930 bits per heavy atom. The summed E-state index contributed by atoms with van der Waals surface area (Å²) in [7, 11) is -3.61. The standard InChI is InChI=1S/C33H41Cl2N3O4S/c1-6-25(4)36-33(40)31(21-26-12-8-7-9-13-26)37(22-28-29(34)14-10-15-30(28)35)32(39)16-11-17-38(43(5,41)42)27-19-23(2)18-24(3)20-27/h7-10,12-15,18-20,25,31H,6,11,16-17,21-22H2,1-5H3,(H,36,40)/t25-,31-/m0/s1. The normalized spacial score (nSPS) is 12.8. The summed E-state index contributed by atoms with van der Waals surface area (Å²) < 4.78 is 26.8. The predicted octanol–water partition coefficient (Wildman–Crippen LogP) is 6.71. The Hall–Kier alpha value is -3.07. The van der Waals surface area contributed by atoms with E-state index in [1.54, 1.807) is 18.2 Å². The van der Waals surface area contributed by atoms with Gasteiger partial charge < -0.3 is 10.2 Å². The molecule has 0 aliphatic heterocycles. The summed E-state index contributed by atoms with van der Waals surface area (Å²) in [5.74, 6) is -0.576. The fourth-order valence-corrected chi connectivity index (χ4v) is 6.41. The SMILES string of the molecule is CC[C@H](C)NC(=O)[C@H](Cc1ccccc1)N(Cc1c(Cl)cccc1Cl)C(=O)CCCN(c1cc(C)cc(C)c1)S(C)(=O)=O. The van der Waals surface area contributed by atoms with Crippen molar-refractivity contribution in [3.05, 3.63) is 99.0 Å². The Kier molecular flexibility index (Phi) is 12.5. The first-order chi connectivity index (χ1) is 20.3. The van der Waals surface area contributed by atoms with E-state index >= 15 is 0 Å². The number of hydrogen-bond acceptors (Lipinski definition) is 4. The van der Waals surface area contributed by atoms with E-state index in [1.165, 1.54) is 9.21 Å². The van der Waals surface area contributed by atoms with Crippen LogP contribution in [0.3, 0.4) is 0 Å². The number of benzene rings is 3. The molecule has 10 heteroatoms. The Bertz CT molecular complexity index is 1480. The molecule has 0 radical (unpaired) electrons. The molecule has 0 unspecified atom stereocenters. The van der Waals surface area contributed by atoms with Gasteiger partial charge in [0.2, 0.25) is 21.8 Å². The number of aryl methyl sites for hydroxylation is 2. The van der Waals surface area contributed by atoms with Crippen molar-refractivity contribution < 1.29 is 18.0 Å². The first-order valence-corrected chi connectivity index (χ1v) is 17.0. The summed E-state index contributed by atoms with van der Waals surface area (Å²) in [6.45, 7) is 7.85. The fraction of sp³-hybridized carbons (Fsp3) is 0.394. The minimum Gasteiger partial charge on any atom is -0.352 e. The van der Waals surface area contributed by atoms with Crippen LogP contribution in [0.25, 0.3) is 0 Å². The molecule has 2 amide bonds. The van der Waals surface area contributed by atoms with E-state index < -0.39 is 16.1 Å². The van der Waals surface area contributed by atoms with Gasteiger partial charge in [0.1, 0.15) is 6.04 Å². The van der Waals surface area contributed by atoms with Crippen molar-refractivity contribution in [3.8, 4) is 0 Å². The van der Waals surface area contributed by atoms with Crippen LogP contribution in [-0.2, 0) is 32.6 Å². The molecule has 2 atom stereocenters. The smallest absolute Gasteiger partial charge is 0.243 e. The van der Waals surface area contributed by atoms with Crippen molar-refractivity contribution in [1.29, 1.82) is 0 Å². The molecule has 0 fully saturated rings. The topological polar surface area (TPSA) is 86.8 Å². The highest BCUT2D eigenvalue weighted by molar-refractivity contribution is 7.92. The Labute approximate surface area is 266 Å². The molecule has 0 saturated heterocycles. The number of anilines is 1. The van der Waals surface area contributed by atoms with Crippen molar-refractivity contribution in [2.45, 2.75) is 72.0 Å². The summed E-state index contributed by atoms with van der Waals surface area (Å²) >= 11 is 13.0. The minimum atomic E-state index is -3.61. The lowest BCUT2D eigenvalue weighted by molar-refractivity contribution is -0.141. The number of sulfonamides is 1. The lowest BCUT2D eigenvalue weighted by Crippen LogP contribution is -2.52. The molecular formula is C33H41Cl2N3O4S. The molecule has 0 aromatic heterocycles.